The minimum Gasteiger partial charge on any atom is -0.465 e. The molecule has 0 spiro atoms. The largest absolute Gasteiger partial charge is 0.465 e. The van der Waals surface area contributed by atoms with Crippen molar-refractivity contribution in [2.75, 3.05) is 13.4 Å². The van der Waals surface area contributed by atoms with Gasteiger partial charge in [-0.2, -0.15) is 0 Å². The number of hydrogen-bond donors (Lipinski definition) is 1. The van der Waals surface area contributed by atoms with Gasteiger partial charge in [-0.1, -0.05) is 26.2 Å². The van der Waals surface area contributed by atoms with Gasteiger partial charge in [0.2, 0.25) is 5.43 Å². The number of ether oxygens (including phenoxy) is 1. The van der Waals surface area contributed by atoms with E-state index in [1.807, 2.05) is 0 Å². The van der Waals surface area contributed by atoms with Gasteiger partial charge in [0.05, 0.1) is 33.2 Å². The summed E-state index contributed by atoms with van der Waals surface area (Å²) in [4.78, 5) is 25.3. The number of unbranched alkanes of at least 4 members (excludes halogenated alkanes) is 3. The Kier molecular flexibility index (Phi) is 6.07. The first-order valence-corrected chi connectivity index (χ1v) is 11.6. The fourth-order valence-corrected chi connectivity index (χ4v) is 4.11. The van der Waals surface area contributed by atoms with Crippen LogP contribution in [0.2, 0.25) is 0 Å². The van der Waals surface area contributed by atoms with Crippen LogP contribution < -0.4 is 5.43 Å². The number of carbonyl (C=O) groups is 1. The van der Waals surface area contributed by atoms with E-state index >= 15 is 0 Å². The highest BCUT2D eigenvalue weighted by Crippen LogP contribution is 2.27. The molecule has 3 rings (SSSR count). The number of nitrogens with one attached hydrogen (secondary N) is 1. The maximum Gasteiger partial charge on any atom is 0.337 e. The zero-order valence-electron chi connectivity index (χ0n) is 16.9. The van der Waals surface area contributed by atoms with Crippen molar-refractivity contribution in [3.05, 3.63) is 51.7 Å². The number of benzene rings is 2. The molecule has 0 aliphatic rings. The van der Waals surface area contributed by atoms with Gasteiger partial charge in [0.25, 0.3) is 0 Å². The molecule has 154 valence electrons. The van der Waals surface area contributed by atoms with Crippen LogP contribution >= 0.6 is 0 Å². The first-order chi connectivity index (χ1) is 13.8. The average Bonchev–Trinajstić information content (AvgIpc) is 2.70. The molecule has 7 heteroatoms. The zero-order chi connectivity index (χ0) is 21.2. The Morgan fingerprint density at radius 3 is 2.55 bits per heavy atom. The second kappa shape index (κ2) is 8.37. The van der Waals surface area contributed by atoms with Gasteiger partial charge in [0.15, 0.2) is 0 Å². The molecule has 3 aromatic rings. The quantitative estimate of drug-likeness (QED) is 0.336. The summed E-state index contributed by atoms with van der Waals surface area (Å²) in [5, 5.41) is 0.534. The summed E-state index contributed by atoms with van der Waals surface area (Å²) in [5.41, 5.74) is 1.55. The monoisotopic (exact) mass is 415 g/mol. The second-order valence-corrected chi connectivity index (χ2v) is 9.41. The van der Waals surface area contributed by atoms with Crippen LogP contribution in [0.1, 0.15) is 48.5 Å². The highest BCUT2D eigenvalue weighted by molar-refractivity contribution is 7.91. The van der Waals surface area contributed by atoms with E-state index in [0.29, 0.717) is 22.5 Å². The van der Waals surface area contributed by atoms with Crippen molar-refractivity contribution >= 4 is 37.6 Å². The predicted molar refractivity (Wildman–Crippen MR) is 114 cm³/mol. The van der Waals surface area contributed by atoms with Crippen molar-refractivity contribution in [3.63, 3.8) is 0 Å². The van der Waals surface area contributed by atoms with Crippen molar-refractivity contribution in [2.24, 2.45) is 0 Å². The summed E-state index contributed by atoms with van der Waals surface area (Å²) in [6.07, 6.45) is 6.20. The molecule has 0 saturated heterocycles. The zero-order valence-corrected chi connectivity index (χ0v) is 17.7. The van der Waals surface area contributed by atoms with Crippen LogP contribution in [0.5, 0.6) is 0 Å². The van der Waals surface area contributed by atoms with E-state index in [1.54, 1.807) is 18.2 Å². The molecule has 0 fully saturated rings. The number of methoxy groups -OCH3 is 1. The van der Waals surface area contributed by atoms with Gasteiger partial charge in [-0.3, -0.25) is 4.79 Å². The molecule has 6 nitrogen and oxygen atoms in total. The lowest BCUT2D eigenvalue weighted by Gasteiger charge is -2.11. The van der Waals surface area contributed by atoms with Crippen LogP contribution in [0.25, 0.3) is 21.9 Å². The lowest BCUT2D eigenvalue weighted by atomic mass is 10.0. The van der Waals surface area contributed by atoms with Gasteiger partial charge in [-0.05, 0) is 48.7 Å². The summed E-state index contributed by atoms with van der Waals surface area (Å²) < 4.78 is 31.1. The van der Waals surface area contributed by atoms with E-state index in [2.05, 4.69) is 6.92 Å². The van der Waals surface area contributed by atoms with Crippen LogP contribution in [0.3, 0.4) is 0 Å². The average molecular weight is 416 g/mol. The fourth-order valence-electron chi connectivity index (χ4n) is 3.40. The molecule has 1 aromatic heterocycles. The number of aryl methyl sites for hydroxylation is 1. The molecule has 1 unspecified atom stereocenters. The second-order valence-electron chi connectivity index (χ2n) is 7.25. The first kappa shape index (κ1) is 21.0. The fraction of sp³-hybridized carbons (Fsp3) is 0.364. The number of fused-ring (bicyclic) bond motifs is 2. The normalized spacial score (nSPS) is 13.5. The maximum absolute atomic E-state index is 13.2. The molecule has 0 saturated carbocycles. The lowest BCUT2D eigenvalue weighted by Crippen LogP contribution is -2.08. The Hall–Kier alpha value is -2.67. The Balaban J connectivity index is 2.26. The van der Waals surface area contributed by atoms with Crippen molar-refractivity contribution in [1.82, 2.24) is 0 Å². The Morgan fingerprint density at radius 1 is 1.14 bits per heavy atom. The lowest BCUT2D eigenvalue weighted by molar-refractivity contribution is 0.0601. The molecule has 1 heterocycles. The van der Waals surface area contributed by atoms with Gasteiger partial charge in [-0.25, -0.2) is 13.8 Å². The third kappa shape index (κ3) is 4.34. The highest BCUT2D eigenvalue weighted by atomic mass is 32.2. The van der Waals surface area contributed by atoms with Crippen LogP contribution in [-0.4, -0.2) is 23.5 Å². The van der Waals surface area contributed by atoms with Crippen LogP contribution in [-0.2, 0) is 20.9 Å². The van der Waals surface area contributed by atoms with E-state index in [1.165, 1.54) is 25.5 Å². The molecular weight excluding hydrogens is 390 g/mol. The van der Waals surface area contributed by atoms with Crippen molar-refractivity contribution in [3.8, 4) is 0 Å². The first-order valence-electron chi connectivity index (χ1n) is 9.62. The molecule has 0 amide bonds. The van der Waals surface area contributed by atoms with Crippen LogP contribution in [0, 0.1) is 4.78 Å². The van der Waals surface area contributed by atoms with E-state index in [-0.39, 0.29) is 21.8 Å². The molecule has 0 bridgehead atoms. The highest BCUT2D eigenvalue weighted by Gasteiger charge is 2.17. The number of esters is 1. The summed E-state index contributed by atoms with van der Waals surface area (Å²) in [6, 6.07) is 7.80. The third-order valence-electron chi connectivity index (χ3n) is 4.99. The van der Waals surface area contributed by atoms with Gasteiger partial charge >= 0.3 is 5.97 Å². The van der Waals surface area contributed by atoms with Crippen molar-refractivity contribution in [2.45, 2.75) is 43.9 Å². The molecule has 29 heavy (non-hydrogen) atoms. The minimum absolute atomic E-state index is 0.252. The van der Waals surface area contributed by atoms with E-state index in [9.17, 15) is 13.8 Å². The number of rotatable bonds is 7. The van der Waals surface area contributed by atoms with E-state index in [0.717, 1.165) is 31.2 Å². The van der Waals surface area contributed by atoms with Gasteiger partial charge in [0.1, 0.15) is 11.2 Å². The van der Waals surface area contributed by atoms with Crippen LogP contribution in [0.4, 0.5) is 0 Å². The number of carbonyl (C=O) groups excluding carboxylic acids is 1. The summed E-state index contributed by atoms with van der Waals surface area (Å²) >= 11 is 0. The van der Waals surface area contributed by atoms with Crippen molar-refractivity contribution in [1.29, 1.82) is 4.78 Å². The van der Waals surface area contributed by atoms with Gasteiger partial charge < -0.3 is 9.15 Å². The van der Waals surface area contributed by atoms with Gasteiger partial charge in [-0.15, -0.1) is 0 Å². The smallest absolute Gasteiger partial charge is 0.337 e. The van der Waals surface area contributed by atoms with Gasteiger partial charge in [0, 0.05) is 11.2 Å². The Morgan fingerprint density at radius 2 is 1.90 bits per heavy atom. The number of hydrogen-bond acceptors (Lipinski definition) is 6. The molecule has 0 aliphatic carbocycles. The molecule has 1 N–H and O–H groups in total. The summed E-state index contributed by atoms with van der Waals surface area (Å²) in [5.74, 6) is -0.542. The molecule has 1 atom stereocenters. The molecule has 2 aromatic carbocycles. The summed E-state index contributed by atoms with van der Waals surface area (Å²) in [7, 11) is -1.73. The maximum atomic E-state index is 13.2. The minimum atomic E-state index is -3.00. The predicted octanol–water partition coefficient (Wildman–Crippen LogP) is 4.89. The van der Waals surface area contributed by atoms with E-state index in [4.69, 9.17) is 13.9 Å². The van der Waals surface area contributed by atoms with Crippen molar-refractivity contribution < 1.29 is 18.2 Å². The van der Waals surface area contributed by atoms with Crippen LogP contribution in [0.15, 0.2) is 44.4 Å². The standard InChI is InChI=1S/C22H25NO5S/c1-4-5-6-7-8-14-11-16(29(3,23)26)13-18-20(24)17-12-15(22(25)27-2)9-10-19(17)28-21(14)18/h9-13,23H,4-8H2,1-3H3. The van der Waals surface area contributed by atoms with E-state index < -0.39 is 15.7 Å². The SMILES string of the molecule is CCCCCCc1cc(S(C)(=N)=O)cc2c(=O)c3cc(C(=O)OC)ccc3oc12. The third-order valence-corrected chi connectivity index (χ3v) is 6.13. The summed E-state index contributed by atoms with van der Waals surface area (Å²) in [6.45, 7) is 2.14. The Bertz CT molecular complexity index is 1240. The topological polar surface area (TPSA) is 97.4 Å². The molecular formula is C22H25NO5S. The Labute approximate surface area is 169 Å². The molecule has 0 aliphatic heterocycles. The molecule has 0 radical (unpaired) electrons.